The minimum absolute atomic E-state index is 0.1000. The SMILES string of the molecule is [O]=[InH].[O]=[Zn]. The van der Waals surface area contributed by atoms with Crippen molar-refractivity contribution in [1.82, 2.24) is 0 Å². The van der Waals surface area contributed by atoms with Crippen LogP contribution in [0.25, 0.3) is 0 Å². The van der Waals surface area contributed by atoms with E-state index in [1.807, 2.05) is 0 Å². The number of rotatable bonds is 0. The van der Waals surface area contributed by atoms with Gasteiger partial charge in [0.2, 0.25) is 0 Å². The van der Waals surface area contributed by atoms with Gasteiger partial charge in [-0.2, -0.15) is 0 Å². The summed E-state index contributed by atoms with van der Waals surface area (Å²) in [6.07, 6.45) is 0. The Balaban J connectivity index is 0. The Labute approximate surface area is 48.9 Å². The summed E-state index contributed by atoms with van der Waals surface area (Å²) in [5, 5.41) is 0. The number of hydrogen-bond acceptors (Lipinski definition) is 2. The van der Waals surface area contributed by atoms with E-state index in [1.165, 1.54) is 0 Å². The molecule has 0 N–H and O–H groups in total. The second kappa shape index (κ2) is 32.8. The van der Waals surface area contributed by atoms with E-state index in [0.717, 1.165) is 0 Å². The molecule has 0 aliphatic carbocycles. The Kier molecular flexibility index (Phi) is 73.0. The zero-order chi connectivity index (χ0) is 4.00. The maximum atomic E-state index is 8.42. The van der Waals surface area contributed by atoms with Crippen molar-refractivity contribution in [2.45, 2.75) is 0 Å². The van der Waals surface area contributed by atoms with Gasteiger partial charge in [-0.3, -0.25) is 0 Å². The second-order valence-corrected chi connectivity index (χ2v) is 0. The molecule has 0 aromatic heterocycles. The molecule has 0 aliphatic heterocycles. The van der Waals surface area contributed by atoms with Gasteiger partial charge in [0.1, 0.15) is 0 Å². The van der Waals surface area contributed by atoms with Gasteiger partial charge in [0, 0.05) is 0 Å². The molecular formula is HInO2Zn. The fourth-order valence-electron chi connectivity index (χ4n) is 0. The molecule has 4 heteroatoms. The van der Waals surface area contributed by atoms with Crippen molar-refractivity contribution in [3.8, 4) is 0 Å². The van der Waals surface area contributed by atoms with Crippen LogP contribution in [0.5, 0.6) is 0 Å². The summed E-state index contributed by atoms with van der Waals surface area (Å²) in [6, 6.07) is 0. The van der Waals surface area contributed by atoms with Gasteiger partial charge in [-0.15, -0.1) is 0 Å². The molecule has 0 saturated heterocycles. The quantitative estimate of drug-likeness (QED) is 0.489. The summed E-state index contributed by atoms with van der Waals surface area (Å²) >= 11 is 0.0250. The van der Waals surface area contributed by atoms with Crippen LogP contribution in [0.1, 0.15) is 0 Å². The molecule has 2 nitrogen and oxygen atoms in total. The summed E-state index contributed by atoms with van der Waals surface area (Å²) in [5.41, 5.74) is 0. The Morgan fingerprint density at radius 1 is 1.25 bits per heavy atom. The molecule has 0 aromatic carbocycles. The predicted molar refractivity (Wildman–Crippen MR) is 8.52 cm³/mol. The van der Waals surface area contributed by atoms with E-state index in [4.69, 9.17) is 6.43 Å². The Hall–Kier alpha value is 1.09. The Morgan fingerprint density at radius 3 is 1.25 bits per heavy atom. The second-order valence-electron chi connectivity index (χ2n) is 0. The Bertz CT molecular complexity index is 8.00. The van der Waals surface area contributed by atoms with Crippen molar-refractivity contribution in [3.05, 3.63) is 0 Å². The van der Waals surface area contributed by atoms with Gasteiger partial charge in [-0.05, 0) is 0 Å². The van der Waals surface area contributed by atoms with Gasteiger partial charge in [-0.1, -0.05) is 0 Å². The topological polar surface area (TPSA) is 34.1 Å². The van der Waals surface area contributed by atoms with Crippen LogP contribution < -0.4 is 0 Å². The summed E-state index contributed by atoms with van der Waals surface area (Å²) in [7, 11) is 0. The average molecular weight is 213 g/mol. The van der Waals surface area contributed by atoms with Crippen LogP contribution in [0.3, 0.4) is 0 Å². The number of hydrogen-bond donors (Lipinski definition) is 0. The van der Waals surface area contributed by atoms with Crippen LogP contribution in [0, 0.1) is 0 Å². The van der Waals surface area contributed by atoms with Gasteiger partial charge in [0.05, 0.1) is 0 Å². The van der Waals surface area contributed by atoms with E-state index in [9.17, 15) is 0 Å². The summed E-state index contributed by atoms with van der Waals surface area (Å²) in [4.78, 5) is 0. The van der Waals surface area contributed by atoms with Crippen LogP contribution >= 0.6 is 0 Å². The molecule has 0 aromatic rings. The molecule has 0 fully saturated rings. The monoisotopic (exact) mass is 212 g/mol. The zero-order valence-corrected chi connectivity index (χ0v) is 9.23. The van der Waals surface area contributed by atoms with Crippen molar-refractivity contribution in [3.63, 3.8) is 0 Å². The van der Waals surface area contributed by atoms with Gasteiger partial charge in [0.25, 0.3) is 0 Å². The zero-order valence-electron chi connectivity index (χ0n) is 2.23. The average Bonchev–Trinajstić information content (AvgIpc) is 1.50. The molecule has 0 aliphatic rings. The van der Waals surface area contributed by atoms with E-state index in [1.54, 1.807) is 0 Å². The molecule has 0 saturated carbocycles. The third kappa shape index (κ3) is 11.3. The van der Waals surface area contributed by atoms with E-state index in [2.05, 4.69) is 0 Å². The van der Waals surface area contributed by atoms with E-state index in [0.29, 0.717) is 0 Å². The summed E-state index contributed by atoms with van der Waals surface area (Å²) < 4.78 is 16.8. The van der Waals surface area contributed by atoms with Crippen molar-refractivity contribution >= 4 is 24.4 Å². The van der Waals surface area contributed by atoms with Crippen molar-refractivity contribution in [1.29, 1.82) is 0 Å². The first-order chi connectivity index (χ1) is 2.00. The first-order valence-electron chi connectivity index (χ1n) is 0.577. The van der Waals surface area contributed by atoms with E-state index in [-0.39, 0.29) is 42.6 Å². The van der Waals surface area contributed by atoms with Crippen molar-refractivity contribution < 1.29 is 24.7 Å². The molecule has 0 unspecified atom stereocenters. The van der Waals surface area contributed by atoms with Gasteiger partial charge in [-0.25, -0.2) is 0 Å². The van der Waals surface area contributed by atoms with Crippen LogP contribution in [-0.2, 0) is 24.7 Å². The van der Waals surface area contributed by atoms with Crippen LogP contribution in [0.2, 0.25) is 0 Å². The molecular weight excluding hydrogens is 212 g/mol. The van der Waals surface area contributed by atoms with Gasteiger partial charge in [0.15, 0.2) is 0 Å². The van der Waals surface area contributed by atoms with Crippen LogP contribution in [0.4, 0.5) is 0 Å². The molecule has 0 atom stereocenters. The maximum absolute atomic E-state index is 8.42. The molecule has 4 heavy (non-hydrogen) atoms. The Morgan fingerprint density at radius 2 is 1.25 bits per heavy atom. The molecule has 18 valence electrons. The van der Waals surface area contributed by atoms with E-state index < -0.39 is 0 Å². The van der Waals surface area contributed by atoms with Gasteiger partial charge >= 0.3 is 49.1 Å². The molecule has 0 bridgehead atoms. The molecule has 0 amide bonds. The van der Waals surface area contributed by atoms with Gasteiger partial charge < -0.3 is 0 Å². The standard InChI is InChI=1S/In.2O.Zn.H. The first kappa shape index (κ1) is 8.92. The molecule has 0 heterocycles. The predicted octanol–water partition coefficient (Wildman–Crippen LogP) is -0.889. The third-order valence-corrected chi connectivity index (χ3v) is 0. The first-order valence-corrected chi connectivity index (χ1v) is 3.44. The molecule has 0 radical (unpaired) electrons. The van der Waals surface area contributed by atoms with Crippen molar-refractivity contribution in [2.75, 3.05) is 0 Å². The van der Waals surface area contributed by atoms with Crippen LogP contribution in [0.15, 0.2) is 0 Å². The van der Waals surface area contributed by atoms with E-state index >= 15 is 0 Å². The fourth-order valence-corrected chi connectivity index (χ4v) is 0. The minimum atomic E-state index is -0.1000. The third-order valence-electron chi connectivity index (χ3n) is 0. The van der Waals surface area contributed by atoms with Crippen molar-refractivity contribution in [2.24, 2.45) is 0 Å². The normalized spacial score (nSPS) is 2.25. The van der Waals surface area contributed by atoms with Crippen LogP contribution in [-0.4, -0.2) is 24.4 Å². The molecule has 0 rings (SSSR count). The summed E-state index contributed by atoms with van der Waals surface area (Å²) in [6.45, 7) is 0. The fraction of sp³-hybridized carbons (Fsp3) is 0. The summed E-state index contributed by atoms with van der Waals surface area (Å²) in [5.74, 6) is 0. The molecule has 0 spiro atoms.